The summed E-state index contributed by atoms with van der Waals surface area (Å²) >= 11 is 0. The summed E-state index contributed by atoms with van der Waals surface area (Å²) in [6.45, 7) is 3.45. The fourth-order valence-corrected chi connectivity index (χ4v) is 1.90. The molecule has 5 nitrogen and oxygen atoms in total. The van der Waals surface area contributed by atoms with Crippen molar-refractivity contribution in [1.29, 1.82) is 0 Å². The molecule has 1 N–H and O–H groups in total. The maximum atomic E-state index is 10.6. The molecule has 0 aromatic carbocycles. The Bertz CT molecular complexity index is 348. The highest BCUT2D eigenvalue weighted by Gasteiger charge is 2.18. The average molecular weight is 221 g/mol. The van der Waals surface area contributed by atoms with E-state index in [1.54, 1.807) is 6.20 Å². The van der Waals surface area contributed by atoms with Crippen molar-refractivity contribution in [3.05, 3.63) is 24.5 Å². The van der Waals surface area contributed by atoms with Crippen molar-refractivity contribution in [3.63, 3.8) is 0 Å². The Labute approximate surface area is 94.3 Å². The van der Waals surface area contributed by atoms with Gasteiger partial charge >= 0.3 is 5.97 Å². The SMILES string of the molecule is O=C(O)CN1CCN(c2cccnc2)CC1. The number of carboxylic acids is 1. The van der Waals surface area contributed by atoms with Crippen LogP contribution in [-0.4, -0.2) is 53.7 Å². The topological polar surface area (TPSA) is 56.7 Å². The van der Waals surface area contributed by atoms with Crippen LogP contribution in [0.15, 0.2) is 24.5 Å². The minimum absolute atomic E-state index is 0.140. The van der Waals surface area contributed by atoms with Crippen molar-refractivity contribution < 1.29 is 9.90 Å². The second-order valence-corrected chi connectivity index (χ2v) is 3.87. The van der Waals surface area contributed by atoms with Gasteiger partial charge in [-0.1, -0.05) is 0 Å². The van der Waals surface area contributed by atoms with E-state index >= 15 is 0 Å². The van der Waals surface area contributed by atoms with Crippen LogP contribution in [0, 0.1) is 0 Å². The number of anilines is 1. The van der Waals surface area contributed by atoms with Crippen LogP contribution in [0.2, 0.25) is 0 Å². The van der Waals surface area contributed by atoms with E-state index in [4.69, 9.17) is 5.11 Å². The lowest BCUT2D eigenvalue weighted by Crippen LogP contribution is -2.48. The molecule has 0 unspecified atom stereocenters. The molecule has 0 amide bonds. The van der Waals surface area contributed by atoms with Gasteiger partial charge in [0.05, 0.1) is 18.4 Å². The van der Waals surface area contributed by atoms with E-state index in [-0.39, 0.29) is 6.54 Å². The fraction of sp³-hybridized carbons (Fsp3) is 0.455. The van der Waals surface area contributed by atoms with Gasteiger partial charge in [0, 0.05) is 32.4 Å². The molecule has 2 rings (SSSR count). The Balaban J connectivity index is 1.88. The smallest absolute Gasteiger partial charge is 0.317 e. The van der Waals surface area contributed by atoms with Crippen LogP contribution in [0.1, 0.15) is 0 Å². The summed E-state index contributed by atoms with van der Waals surface area (Å²) in [5, 5.41) is 8.68. The van der Waals surface area contributed by atoms with E-state index in [0.717, 1.165) is 31.9 Å². The van der Waals surface area contributed by atoms with Gasteiger partial charge < -0.3 is 10.0 Å². The number of nitrogens with zero attached hydrogens (tertiary/aromatic N) is 3. The summed E-state index contributed by atoms with van der Waals surface area (Å²) in [4.78, 5) is 18.8. The second kappa shape index (κ2) is 4.94. The molecule has 1 aliphatic heterocycles. The molecular formula is C11H15N3O2. The Morgan fingerprint density at radius 3 is 2.69 bits per heavy atom. The van der Waals surface area contributed by atoms with Gasteiger partial charge in [-0.15, -0.1) is 0 Å². The number of piperazine rings is 1. The van der Waals surface area contributed by atoms with Gasteiger partial charge in [0.2, 0.25) is 0 Å². The monoisotopic (exact) mass is 221 g/mol. The number of aliphatic carboxylic acids is 1. The molecule has 1 aromatic heterocycles. The first-order valence-corrected chi connectivity index (χ1v) is 5.35. The van der Waals surface area contributed by atoms with E-state index in [9.17, 15) is 4.79 Å². The maximum absolute atomic E-state index is 10.6. The fourth-order valence-electron chi connectivity index (χ4n) is 1.90. The first kappa shape index (κ1) is 10.9. The Morgan fingerprint density at radius 2 is 2.12 bits per heavy atom. The van der Waals surface area contributed by atoms with E-state index in [1.807, 2.05) is 23.2 Å². The molecule has 0 spiro atoms. The molecule has 0 saturated carbocycles. The Hall–Kier alpha value is -1.62. The lowest BCUT2D eigenvalue weighted by molar-refractivity contribution is -0.138. The zero-order valence-corrected chi connectivity index (χ0v) is 9.04. The minimum atomic E-state index is -0.755. The van der Waals surface area contributed by atoms with Crippen LogP contribution in [0.5, 0.6) is 0 Å². The summed E-state index contributed by atoms with van der Waals surface area (Å²) in [5.74, 6) is -0.755. The molecule has 1 aromatic rings. The van der Waals surface area contributed by atoms with Crippen LogP contribution in [0.3, 0.4) is 0 Å². The van der Waals surface area contributed by atoms with Crippen LogP contribution < -0.4 is 4.90 Å². The third kappa shape index (κ3) is 2.70. The van der Waals surface area contributed by atoms with Crippen LogP contribution in [0.25, 0.3) is 0 Å². The lowest BCUT2D eigenvalue weighted by Gasteiger charge is -2.35. The highest BCUT2D eigenvalue weighted by Crippen LogP contribution is 2.13. The molecule has 0 bridgehead atoms. The van der Waals surface area contributed by atoms with Gasteiger partial charge in [0.15, 0.2) is 0 Å². The van der Waals surface area contributed by atoms with E-state index < -0.39 is 5.97 Å². The van der Waals surface area contributed by atoms with E-state index in [2.05, 4.69) is 9.88 Å². The zero-order valence-electron chi connectivity index (χ0n) is 9.04. The van der Waals surface area contributed by atoms with Gasteiger partial charge in [-0.25, -0.2) is 0 Å². The van der Waals surface area contributed by atoms with Crippen LogP contribution in [0.4, 0.5) is 5.69 Å². The van der Waals surface area contributed by atoms with Crippen LogP contribution >= 0.6 is 0 Å². The molecular weight excluding hydrogens is 206 g/mol. The molecule has 0 atom stereocenters. The third-order valence-electron chi connectivity index (χ3n) is 2.74. The van der Waals surface area contributed by atoms with E-state index in [1.165, 1.54) is 0 Å². The van der Waals surface area contributed by atoms with Crippen molar-refractivity contribution in [2.45, 2.75) is 0 Å². The molecule has 0 radical (unpaired) electrons. The van der Waals surface area contributed by atoms with Crippen molar-refractivity contribution in [3.8, 4) is 0 Å². The van der Waals surface area contributed by atoms with Crippen molar-refractivity contribution >= 4 is 11.7 Å². The van der Waals surface area contributed by atoms with Crippen molar-refractivity contribution in [2.24, 2.45) is 0 Å². The summed E-state index contributed by atoms with van der Waals surface area (Å²) in [5.41, 5.74) is 1.11. The Kier molecular flexibility index (Phi) is 3.36. The first-order valence-electron chi connectivity index (χ1n) is 5.35. The Morgan fingerprint density at radius 1 is 1.38 bits per heavy atom. The maximum Gasteiger partial charge on any atom is 0.317 e. The highest BCUT2D eigenvalue weighted by atomic mass is 16.4. The number of carbonyl (C=O) groups is 1. The third-order valence-corrected chi connectivity index (χ3v) is 2.74. The summed E-state index contributed by atoms with van der Waals surface area (Å²) in [6, 6.07) is 3.94. The summed E-state index contributed by atoms with van der Waals surface area (Å²) in [6.07, 6.45) is 3.59. The number of hydrogen-bond acceptors (Lipinski definition) is 4. The number of aromatic nitrogens is 1. The van der Waals surface area contributed by atoms with Crippen molar-refractivity contribution in [2.75, 3.05) is 37.6 Å². The normalized spacial score (nSPS) is 17.4. The molecule has 5 heteroatoms. The molecule has 1 fully saturated rings. The first-order chi connectivity index (χ1) is 7.75. The quantitative estimate of drug-likeness (QED) is 0.795. The molecule has 86 valence electrons. The standard InChI is InChI=1S/C11H15N3O2/c15-11(16)9-13-4-6-14(7-5-13)10-2-1-3-12-8-10/h1-3,8H,4-7,9H2,(H,15,16). The predicted octanol–water partition coefficient (Wildman–Crippen LogP) is 0.288. The molecule has 1 aliphatic rings. The molecule has 0 aliphatic carbocycles. The second-order valence-electron chi connectivity index (χ2n) is 3.87. The lowest BCUT2D eigenvalue weighted by atomic mass is 10.3. The predicted molar refractivity (Wildman–Crippen MR) is 60.5 cm³/mol. The van der Waals surface area contributed by atoms with Gasteiger partial charge in [-0.2, -0.15) is 0 Å². The number of carboxylic acid groups (broad SMARTS) is 1. The summed E-state index contributed by atoms with van der Waals surface area (Å²) in [7, 11) is 0. The number of pyridine rings is 1. The minimum Gasteiger partial charge on any atom is -0.480 e. The van der Waals surface area contributed by atoms with Crippen molar-refractivity contribution in [1.82, 2.24) is 9.88 Å². The summed E-state index contributed by atoms with van der Waals surface area (Å²) < 4.78 is 0. The molecule has 16 heavy (non-hydrogen) atoms. The number of hydrogen-bond donors (Lipinski definition) is 1. The van der Waals surface area contributed by atoms with Gasteiger partial charge in [0.1, 0.15) is 0 Å². The number of rotatable bonds is 3. The van der Waals surface area contributed by atoms with Gasteiger partial charge in [-0.3, -0.25) is 14.7 Å². The zero-order chi connectivity index (χ0) is 11.4. The average Bonchev–Trinajstić information content (AvgIpc) is 2.30. The molecule has 1 saturated heterocycles. The highest BCUT2D eigenvalue weighted by molar-refractivity contribution is 5.69. The van der Waals surface area contributed by atoms with Gasteiger partial charge in [-0.05, 0) is 12.1 Å². The molecule has 2 heterocycles. The van der Waals surface area contributed by atoms with Crippen LogP contribution in [-0.2, 0) is 4.79 Å². The van der Waals surface area contributed by atoms with Gasteiger partial charge in [0.25, 0.3) is 0 Å². The van der Waals surface area contributed by atoms with E-state index in [0.29, 0.717) is 0 Å². The largest absolute Gasteiger partial charge is 0.480 e.